The second kappa shape index (κ2) is 4.40. The molecule has 0 atom stereocenters. The van der Waals surface area contributed by atoms with Gasteiger partial charge in [0.15, 0.2) is 0 Å². The first-order valence-corrected chi connectivity index (χ1v) is 4.89. The largest absolute Gasteiger partial charge is 0.507 e. The molecule has 88 valence electrons. The van der Waals surface area contributed by atoms with E-state index in [0.717, 1.165) is 0 Å². The second-order valence-electron chi connectivity index (χ2n) is 4.34. The average Bonchev–Trinajstić information content (AvgIpc) is 2.13. The molecule has 5 N–H and O–H groups in total. The molecule has 0 aliphatic heterocycles. The monoisotopic (exact) mass is 224 g/mol. The molecule has 0 saturated carbocycles. The van der Waals surface area contributed by atoms with Gasteiger partial charge in [-0.2, -0.15) is 0 Å². The molecule has 0 heterocycles. The van der Waals surface area contributed by atoms with E-state index in [0.29, 0.717) is 0 Å². The maximum atomic E-state index is 11.6. The van der Waals surface area contributed by atoms with E-state index in [1.54, 1.807) is 13.8 Å². The zero-order chi connectivity index (χ0) is 12.3. The van der Waals surface area contributed by atoms with Crippen LogP contribution in [0.5, 0.6) is 11.5 Å². The fourth-order valence-corrected chi connectivity index (χ4v) is 1.16. The van der Waals surface area contributed by atoms with Gasteiger partial charge < -0.3 is 21.3 Å². The number of phenolic OH excluding ortho intramolecular Hbond substituents is 2. The summed E-state index contributed by atoms with van der Waals surface area (Å²) in [6.07, 6.45) is 0. The third-order valence-electron chi connectivity index (χ3n) is 1.95. The fourth-order valence-electron chi connectivity index (χ4n) is 1.16. The minimum absolute atomic E-state index is 0.133. The Balaban J connectivity index is 2.81. The van der Waals surface area contributed by atoms with Gasteiger partial charge in [0.05, 0.1) is 0 Å². The van der Waals surface area contributed by atoms with Gasteiger partial charge in [0.2, 0.25) is 0 Å². The second-order valence-corrected chi connectivity index (χ2v) is 4.34. The molecule has 0 aromatic heterocycles. The summed E-state index contributed by atoms with van der Waals surface area (Å²) < 4.78 is 0. The van der Waals surface area contributed by atoms with Crippen LogP contribution in [0.1, 0.15) is 24.2 Å². The van der Waals surface area contributed by atoms with Crippen molar-refractivity contribution in [1.29, 1.82) is 0 Å². The number of nitrogens with two attached hydrogens (primary N) is 1. The molecule has 0 spiro atoms. The number of rotatable bonds is 3. The van der Waals surface area contributed by atoms with E-state index < -0.39 is 11.4 Å². The van der Waals surface area contributed by atoms with Gasteiger partial charge in [0.25, 0.3) is 5.91 Å². The lowest BCUT2D eigenvalue weighted by Gasteiger charge is -2.19. The summed E-state index contributed by atoms with van der Waals surface area (Å²) in [5.41, 5.74) is 5.02. The zero-order valence-corrected chi connectivity index (χ0v) is 9.32. The lowest BCUT2D eigenvalue weighted by atomic mass is 10.1. The van der Waals surface area contributed by atoms with Crippen LogP contribution in [-0.2, 0) is 0 Å². The first-order chi connectivity index (χ1) is 7.31. The smallest absolute Gasteiger partial charge is 0.258 e. The van der Waals surface area contributed by atoms with Crippen molar-refractivity contribution in [3.05, 3.63) is 23.8 Å². The molecule has 0 saturated heterocycles. The summed E-state index contributed by atoms with van der Waals surface area (Å²) >= 11 is 0. The zero-order valence-electron chi connectivity index (χ0n) is 9.32. The van der Waals surface area contributed by atoms with Gasteiger partial charge >= 0.3 is 0 Å². The average molecular weight is 224 g/mol. The van der Waals surface area contributed by atoms with E-state index in [4.69, 9.17) is 5.73 Å². The first-order valence-electron chi connectivity index (χ1n) is 4.89. The van der Waals surface area contributed by atoms with Gasteiger partial charge in [-0.25, -0.2) is 0 Å². The predicted octanol–water partition coefficient (Wildman–Crippen LogP) is 0.565. The van der Waals surface area contributed by atoms with Gasteiger partial charge in [-0.15, -0.1) is 0 Å². The molecule has 5 nitrogen and oxygen atoms in total. The Labute approximate surface area is 93.9 Å². The Bertz CT molecular complexity index is 376. The third-order valence-corrected chi connectivity index (χ3v) is 1.95. The molecule has 1 amide bonds. The first kappa shape index (κ1) is 12.3. The van der Waals surface area contributed by atoms with Gasteiger partial charge in [-0.05, 0) is 26.0 Å². The lowest BCUT2D eigenvalue weighted by Crippen LogP contribution is -2.45. The van der Waals surface area contributed by atoms with E-state index in [2.05, 4.69) is 5.32 Å². The summed E-state index contributed by atoms with van der Waals surface area (Å²) in [5, 5.41) is 21.4. The van der Waals surface area contributed by atoms with Crippen LogP contribution in [0.4, 0.5) is 0 Å². The van der Waals surface area contributed by atoms with Crippen molar-refractivity contribution >= 4 is 5.91 Å². The van der Waals surface area contributed by atoms with Crippen molar-refractivity contribution in [3.8, 4) is 11.5 Å². The highest BCUT2D eigenvalue weighted by molar-refractivity contribution is 5.99. The Morgan fingerprint density at radius 2 is 1.88 bits per heavy atom. The van der Waals surface area contributed by atoms with Crippen molar-refractivity contribution in [2.75, 3.05) is 6.54 Å². The quantitative estimate of drug-likeness (QED) is 0.603. The SMILES string of the molecule is CC(C)(N)CNC(=O)c1c(O)cccc1O. The molecule has 1 aromatic carbocycles. The summed E-state index contributed by atoms with van der Waals surface area (Å²) in [7, 11) is 0. The van der Waals surface area contributed by atoms with Gasteiger partial charge in [-0.3, -0.25) is 4.79 Å². The lowest BCUT2D eigenvalue weighted by molar-refractivity contribution is 0.0940. The molecule has 0 aliphatic carbocycles. The Morgan fingerprint density at radius 3 is 2.31 bits per heavy atom. The number of carbonyl (C=O) groups is 1. The van der Waals surface area contributed by atoms with Crippen LogP contribution in [0.2, 0.25) is 0 Å². The van der Waals surface area contributed by atoms with E-state index in [-0.39, 0.29) is 23.6 Å². The number of carbonyl (C=O) groups excluding carboxylic acids is 1. The number of benzene rings is 1. The topological polar surface area (TPSA) is 95.6 Å². The molecule has 0 fully saturated rings. The van der Waals surface area contributed by atoms with Crippen LogP contribution in [0.15, 0.2) is 18.2 Å². The molecule has 0 aliphatic rings. The summed E-state index contributed by atoms with van der Waals surface area (Å²) in [5.74, 6) is -1.06. The maximum absolute atomic E-state index is 11.6. The highest BCUT2D eigenvalue weighted by Gasteiger charge is 2.18. The van der Waals surface area contributed by atoms with Crippen molar-refractivity contribution < 1.29 is 15.0 Å². The third kappa shape index (κ3) is 3.13. The Kier molecular flexibility index (Phi) is 3.39. The van der Waals surface area contributed by atoms with Gasteiger partial charge in [-0.1, -0.05) is 6.07 Å². The molecule has 0 radical (unpaired) electrons. The number of phenols is 2. The van der Waals surface area contributed by atoms with Crippen molar-refractivity contribution in [2.45, 2.75) is 19.4 Å². The van der Waals surface area contributed by atoms with Crippen LogP contribution in [0, 0.1) is 0 Å². The van der Waals surface area contributed by atoms with Crippen molar-refractivity contribution in [2.24, 2.45) is 5.73 Å². The molecule has 1 rings (SSSR count). The predicted molar refractivity (Wildman–Crippen MR) is 60.4 cm³/mol. The van der Waals surface area contributed by atoms with Crippen molar-refractivity contribution in [1.82, 2.24) is 5.32 Å². The molecule has 1 aromatic rings. The van der Waals surface area contributed by atoms with Crippen LogP contribution in [0.3, 0.4) is 0 Å². The number of hydrogen-bond acceptors (Lipinski definition) is 4. The van der Waals surface area contributed by atoms with E-state index in [1.807, 2.05) is 0 Å². The molecule has 0 bridgehead atoms. The van der Waals surface area contributed by atoms with Crippen LogP contribution >= 0.6 is 0 Å². The van der Waals surface area contributed by atoms with E-state index >= 15 is 0 Å². The molecular weight excluding hydrogens is 208 g/mol. The Hall–Kier alpha value is -1.75. The van der Waals surface area contributed by atoms with Crippen LogP contribution in [0.25, 0.3) is 0 Å². The standard InChI is InChI=1S/C11H16N2O3/c1-11(2,12)6-13-10(16)9-7(14)4-3-5-8(9)15/h3-5,14-15H,6,12H2,1-2H3,(H,13,16). The fraction of sp³-hybridized carbons (Fsp3) is 0.364. The highest BCUT2D eigenvalue weighted by Crippen LogP contribution is 2.25. The Morgan fingerprint density at radius 1 is 1.38 bits per heavy atom. The van der Waals surface area contributed by atoms with E-state index in [1.165, 1.54) is 18.2 Å². The maximum Gasteiger partial charge on any atom is 0.258 e. The highest BCUT2D eigenvalue weighted by atomic mass is 16.3. The summed E-state index contributed by atoms with van der Waals surface area (Å²) in [6, 6.07) is 4.12. The molecule has 16 heavy (non-hydrogen) atoms. The molecular formula is C11H16N2O3. The number of aromatic hydroxyl groups is 2. The normalized spacial score (nSPS) is 11.2. The summed E-state index contributed by atoms with van der Waals surface area (Å²) in [6.45, 7) is 3.77. The molecule has 5 heteroatoms. The number of nitrogens with one attached hydrogen (secondary N) is 1. The minimum atomic E-state index is -0.547. The van der Waals surface area contributed by atoms with E-state index in [9.17, 15) is 15.0 Å². The summed E-state index contributed by atoms with van der Waals surface area (Å²) in [4.78, 5) is 11.6. The number of amides is 1. The van der Waals surface area contributed by atoms with Crippen molar-refractivity contribution in [3.63, 3.8) is 0 Å². The van der Waals surface area contributed by atoms with Gasteiger partial charge in [0, 0.05) is 12.1 Å². The van der Waals surface area contributed by atoms with Crippen LogP contribution in [-0.4, -0.2) is 28.2 Å². The molecule has 0 unspecified atom stereocenters. The van der Waals surface area contributed by atoms with Gasteiger partial charge in [0.1, 0.15) is 17.1 Å². The number of hydrogen-bond donors (Lipinski definition) is 4. The minimum Gasteiger partial charge on any atom is -0.507 e. The van der Waals surface area contributed by atoms with Crippen LogP contribution < -0.4 is 11.1 Å².